The summed E-state index contributed by atoms with van der Waals surface area (Å²) in [6, 6.07) is 7.00. The van der Waals surface area contributed by atoms with Gasteiger partial charge in [0.05, 0.1) is 11.6 Å². The molecule has 0 aliphatic carbocycles. The highest BCUT2D eigenvalue weighted by molar-refractivity contribution is 5.88. The molecule has 1 aliphatic heterocycles. The van der Waals surface area contributed by atoms with E-state index >= 15 is 0 Å². The van der Waals surface area contributed by atoms with Gasteiger partial charge in [-0.2, -0.15) is 0 Å². The van der Waals surface area contributed by atoms with Gasteiger partial charge in [-0.25, -0.2) is 9.59 Å². The van der Waals surface area contributed by atoms with Crippen LogP contribution in [0.2, 0.25) is 0 Å². The number of rotatable bonds is 4. The zero-order valence-electron chi connectivity index (χ0n) is 16.4. The molecule has 1 N–H and O–H groups in total. The van der Waals surface area contributed by atoms with E-state index in [0.717, 1.165) is 12.1 Å². The number of carboxylic acids is 1. The van der Waals surface area contributed by atoms with Crippen molar-refractivity contribution in [1.29, 1.82) is 0 Å². The average Bonchev–Trinajstić information content (AvgIpc) is 2.52. The van der Waals surface area contributed by atoms with Crippen LogP contribution in [0.1, 0.15) is 51.4 Å². The average molecular weight is 362 g/mol. The molecular weight excluding hydrogens is 332 g/mol. The number of piperazine rings is 1. The van der Waals surface area contributed by atoms with E-state index in [9.17, 15) is 14.7 Å². The first-order valence-corrected chi connectivity index (χ1v) is 9.15. The summed E-state index contributed by atoms with van der Waals surface area (Å²) in [6.45, 7) is 11.8. The lowest BCUT2D eigenvalue weighted by Crippen LogP contribution is -2.56. The van der Waals surface area contributed by atoms with E-state index in [0.29, 0.717) is 25.6 Å². The first-order chi connectivity index (χ1) is 12.1. The van der Waals surface area contributed by atoms with E-state index in [1.165, 1.54) is 0 Å². The van der Waals surface area contributed by atoms with Crippen LogP contribution in [-0.2, 0) is 4.74 Å². The van der Waals surface area contributed by atoms with Crippen molar-refractivity contribution in [2.24, 2.45) is 5.92 Å². The minimum Gasteiger partial charge on any atom is -0.478 e. The Morgan fingerprint density at radius 2 is 1.96 bits per heavy atom. The summed E-state index contributed by atoms with van der Waals surface area (Å²) in [7, 11) is 0. The number of carboxylic acid groups (broad SMARTS) is 1. The van der Waals surface area contributed by atoms with Crippen LogP contribution in [0.15, 0.2) is 24.3 Å². The Kier molecular flexibility index (Phi) is 6.16. The molecule has 26 heavy (non-hydrogen) atoms. The summed E-state index contributed by atoms with van der Waals surface area (Å²) in [4.78, 5) is 27.8. The Morgan fingerprint density at radius 3 is 2.54 bits per heavy atom. The molecule has 1 saturated heterocycles. The Hall–Kier alpha value is -2.24. The molecule has 0 bridgehead atoms. The van der Waals surface area contributed by atoms with E-state index in [2.05, 4.69) is 18.7 Å². The van der Waals surface area contributed by atoms with Crippen molar-refractivity contribution in [3.05, 3.63) is 29.8 Å². The number of hydrogen-bond acceptors (Lipinski definition) is 4. The second kappa shape index (κ2) is 7.98. The summed E-state index contributed by atoms with van der Waals surface area (Å²) in [6.07, 6.45) is 0.594. The Bertz CT molecular complexity index is 651. The lowest BCUT2D eigenvalue weighted by Gasteiger charge is -2.43. The zero-order valence-corrected chi connectivity index (χ0v) is 16.4. The topological polar surface area (TPSA) is 70.1 Å². The molecule has 1 atom stereocenters. The fourth-order valence-electron chi connectivity index (χ4n) is 3.23. The van der Waals surface area contributed by atoms with Crippen LogP contribution < -0.4 is 4.90 Å². The highest BCUT2D eigenvalue weighted by atomic mass is 16.6. The molecule has 144 valence electrons. The van der Waals surface area contributed by atoms with Gasteiger partial charge in [0.25, 0.3) is 0 Å². The number of benzene rings is 1. The molecule has 0 unspecified atom stereocenters. The number of carbonyl (C=O) groups excluding carboxylic acids is 1. The molecule has 0 radical (unpaired) electrons. The molecule has 0 aromatic heterocycles. The van der Waals surface area contributed by atoms with Crippen LogP contribution in [0.5, 0.6) is 0 Å². The maximum absolute atomic E-state index is 12.6. The normalized spacial score (nSPS) is 18.2. The van der Waals surface area contributed by atoms with Crippen LogP contribution in [-0.4, -0.2) is 53.3 Å². The number of carbonyl (C=O) groups is 2. The molecule has 1 heterocycles. The minimum absolute atomic E-state index is 0.0343. The van der Waals surface area contributed by atoms with Gasteiger partial charge in [0.2, 0.25) is 0 Å². The monoisotopic (exact) mass is 362 g/mol. The summed E-state index contributed by atoms with van der Waals surface area (Å²) in [5.41, 5.74) is 0.631. The predicted octanol–water partition coefficient (Wildman–Crippen LogP) is 3.86. The quantitative estimate of drug-likeness (QED) is 0.881. The summed E-state index contributed by atoms with van der Waals surface area (Å²) in [5.74, 6) is -0.492. The van der Waals surface area contributed by atoms with Crippen LogP contribution in [0, 0.1) is 5.92 Å². The molecule has 1 fully saturated rings. The SMILES string of the molecule is CC(C)C[C@@H]1CN(c2cccc(C(=O)O)c2)CCN1C(=O)OC(C)(C)C. The fourth-order valence-corrected chi connectivity index (χ4v) is 3.23. The fraction of sp³-hybridized carbons (Fsp3) is 0.600. The zero-order chi connectivity index (χ0) is 19.5. The van der Waals surface area contributed by atoms with Gasteiger partial charge in [-0.05, 0) is 51.3 Å². The maximum Gasteiger partial charge on any atom is 0.410 e. The van der Waals surface area contributed by atoms with Gasteiger partial charge >= 0.3 is 12.1 Å². The lowest BCUT2D eigenvalue weighted by molar-refractivity contribution is 0.0120. The number of anilines is 1. The third kappa shape index (κ3) is 5.38. The molecule has 1 aliphatic rings. The van der Waals surface area contributed by atoms with Crippen molar-refractivity contribution in [2.75, 3.05) is 24.5 Å². The number of aromatic carboxylic acids is 1. The Morgan fingerprint density at radius 1 is 1.27 bits per heavy atom. The van der Waals surface area contributed by atoms with Crippen molar-refractivity contribution in [2.45, 2.75) is 52.7 Å². The van der Waals surface area contributed by atoms with Crippen molar-refractivity contribution in [3.63, 3.8) is 0 Å². The highest BCUT2D eigenvalue weighted by Crippen LogP contribution is 2.25. The van der Waals surface area contributed by atoms with Crippen LogP contribution in [0.3, 0.4) is 0 Å². The molecular formula is C20H30N2O4. The molecule has 0 saturated carbocycles. The van der Waals surface area contributed by atoms with Crippen molar-refractivity contribution in [1.82, 2.24) is 4.90 Å². The number of ether oxygens (including phenoxy) is 1. The number of hydrogen-bond donors (Lipinski definition) is 1. The van der Waals surface area contributed by atoms with Gasteiger partial charge < -0.3 is 19.6 Å². The van der Waals surface area contributed by atoms with Crippen molar-refractivity contribution in [3.8, 4) is 0 Å². The van der Waals surface area contributed by atoms with E-state index in [4.69, 9.17) is 4.74 Å². The summed E-state index contributed by atoms with van der Waals surface area (Å²) >= 11 is 0. The largest absolute Gasteiger partial charge is 0.478 e. The van der Waals surface area contributed by atoms with Crippen LogP contribution >= 0.6 is 0 Å². The standard InChI is InChI=1S/C20H30N2O4/c1-14(2)11-17-13-21(16-8-6-7-15(12-16)18(23)24)9-10-22(17)19(25)26-20(3,4)5/h6-8,12,14,17H,9-11,13H2,1-5H3,(H,23,24)/t17-/m1/s1. The first kappa shape index (κ1) is 20.1. The highest BCUT2D eigenvalue weighted by Gasteiger charge is 2.33. The minimum atomic E-state index is -0.932. The second-order valence-electron chi connectivity index (χ2n) is 8.26. The molecule has 2 rings (SSSR count). The number of amides is 1. The van der Waals surface area contributed by atoms with Crippen molar-refractivity contribution < 1.29 is 19.4 Å². The van der Waals surface area contributed by atoms with Gasteiger partial charge in [-0.1, -0.05) is 19.9 Å². The molecule has 6 nitrogen and oxygen atoms in total. The predicted molar refractivity (Wildman–Crippen MR) is 102 cm³/mol. The van der Waals surface area contributed by atoms with Crippen molar-refractivity contribution >= 4 is 17.7 Å². The van der Waals surface area contributed by atoms with Crippen LogP contribution in [0.25, 0.3) is 0 Å². The van der Waals surface area contributed by atoms with Gasteiger partial charge in [-0.15, -0.1) is 0 Å². The first-order valence-electron chi connectivity index (χ1n) is 9.15. The molecule has 6 heteroatoms. The van der Waals surface area contributed by atoms with Gasteiger partial charge in [0.1, 0.15) is 5.60 Å². The van der Waals surface area contributed by atoms with E-state index < -0.39 is 11.6 Å². The van der Waals surface area contributed by atoms with Gasteiger partial charge in [0, 0.05) is 25.3 Å². The maximum atomic E-state index is 12.6. The van der Waals surface area contributed by atoms with E-state index in [-0.39, 0.29) is 17.7 Å². The Labute approximate surface area is 155 Å². The number of nitrogens with zero attached hydrogens (tertiary/aromatic N) is 2. The third-order valence-corrected chi connectivity index (χ3v) is 4.31. The van der Waals surface area contributed by atoms with E-state index in [1.54, 1.807) is 18.2 Å². The molecule has 1 aromatic rings. The summed E-state index contributed by atoms with van der Waals surface area (Å²) in [5, 5.41) is 9.21. The molecule has 0 spiro atoms. The van der Waals surface area contributed by atoms with E-state index in [1.807, 2.05) is 31.7 Å². The Balaban J connectivity index is 2.17. The lowest BCUT2D eigenvalue weighted by atomic mass is 9.99. The molecule has 1 aromatic carbocycles. The smallest absolute Gasteiger partial charge is 0.410 e. The second-order valence-corrected chi connectivity index (χ2v) is 8.26. The van der Waals surface area contributed by atoms with Gasteiger partial charge in [-0.3, -0.25) is 0 Å². The van der Waals surface area contributed by atoms with Gasteiger partial charge in [0.15, 0.2) is 0 Å². The molecule has 1 amide bonds. The van der Waals surface area contributed by atoms with Crippen LogP contribution in [0.4, 0.5) is 10.5 Å². The summed E-state index contributed by atoms with van der Waals surface area (Å²) < 4.78 is 5.57. The third-order valence-electron chi connectivity index (χ3n) is 4.31.